The first kappa shape index (κ1) is 24.3. The maximum absolute atomic E-state index is 11.3. The fourth-order valence-corrected chi connectivity index (χ4v) is 10.8. The van der Waals surface area contributed by atoms with Gasteiger partial charge in [-0.25, -0.2) is 0 Å². The van der Waals surface area contributed by atoms with Crippen molar-refractivity contribution in [3.05, 3.63) is 11.6 Å². The van der Waals surface area contributed by atoms with Crippen LogP contribution in [0.2, 0.25) is 0 Å². The Kier molecular flexibility index (Phi) is 5.23. The molecule has 5 aliphatic carbocycles. The van der Waals surface area contributed by atoms with Crippen LogP contribution in [0.3, 0.4) is 0 Å². The summed E-state index contributed by atoms with van der Waals surface area (Å²) in [6, 6.07) is 0. The largest absolute Gasteiger partial charge is 0.396 e. The molecule has 0 saturated heterocycles. The Labute approximate surface area is 202 Å². The van der Waals surface area contributed by atoms with Crippen LogP contribution in [0.1, 0.15) is 106 Å². The van der Waals surface area contributed by atoms with Crippen molar-refractivity contribution in [1.82, 2.24) is 0 Å². The van der Waals surface area contributed by atoms with Gasteiger partial charge in [0.05, 0.1) is 18.8 Å². The molecule has 0 aromatic carbocycles. The average molecular weight is 459 g/mol. The van der Waals surface area contributed by atoms with Gasteiger partial charge < -0.3 is 15.3 Å². The topological polar surface area (TPSA) is 60.7 Å². The Morgan fingerprint density at radius 3 is 2.18 bits per heavy atom. The van der Waals surface area contributed by atoms with Crippen molar-refractivity contribution in [3.63, 3.8) is 0 Å². The van der Waals surface area contributed by atoms with Crippen molar-refractivity contribution < 1.29 is 15.3 Å². The molecule has 0 aliphatic heterocycles. The van der Waals surface area contributed by atoms with Gasteiger partial charge in [-0.15, -0.1) is 0 Å². The van der Waals surface area contributed by atoms with E-state index < -0.39 is 6.10 Å². The predicted molar refractivity (Wildman–Crippen MR) is 134 cm³/mol. The fraction of sp³-hybridized carbons (Fsp3) is 0.933. The van der Waals surface area contributed by atoms with Gasteiger partial charge in [-0.3, -0.25) is 0 Å². The van der Waals surface area contributed by atoms with Crippen molar-refractivity contribution >= 4 is 0 Å². The second kappa shape index (κ2) is 7.10. The van der Waals surface area contributed by atoms with E-state index in [0.29, 0.717) is 11.8 Å². The molecule has 0 aromatic rings. The number of fused-ring (bicyclic) bond motifs is 7. The summed E-state index contributed by atoms with van der Waals surface area (Å²) in [6.07, 6.45) is 11.5. The lowest BCUT2D eigenvalue weighted by Gasteiger charge is -2.71. The van der Waals surface area contributed by atoms with Gasteiger partial charge in [0, 0.05) is 5.41 Å². The van der Waals surface area contributed by atoms with Gasteiger partial charge in [-0.05, 0) is 103 Å². The molecule has 5 rings (SSSR count). The zero-order valence-electron chi connectivity index (χ0n) is 22.4. The number of allylic oxidation sites excluding steroid dienone is 2. The second-order valence-corrected chi connectivity index (χ2v) is 15.2. The van der Waals surface area contributed by atoms with Crippen LogP contribution in [0.25, 0.3) is 0 Å². The molecule has 0 unspecified atom stereocenters. The molecule has 0 bridgehead atoms. The van der Waals surface area contributed by atoms with E-state index in [4.69, 9.17) is 0 Å². The lowest BCUT2D eigenvalue weighted by atomic mass is 9.33. The standard InChI is InChI=1S/C30H50O3/c1-25(2)16-20-19-8-9-22-27(5)12-11-23(32)26(3,4)21(27)10-13-29(22,7)28(19,6)14-15-30(20,18-31)24(33)17-25/h8,20-24,31-33H,9-18H2,1-7H3/t20-,21+,22+,23-,24-,27-,28+,29+,30-/m0/s1. The highest BCUT2D eigenvalue weighted by Crippen LogP contribution is 2.75. The van der Waals surface area contributed by atoms with Gasteiger partial charge in [-0.2, -0.15) is 0 Å². The number of hydrogen-bond donors (Lipinski definition) is 3. The van der Waals surface area contributed by atoms with Crippen molar-refractivity contribution in [2.75, 3.05) is 6.61 Å². The Balaban J connectivity index is 1.59. The van der Waals surface area contributed by atoms with E-state index >= 15 is 0 Å². The average Bonchev–Trinajstić information content (AvgIpc) is 2.71. The Bertz CT molecular complexity index is 843. The van der Waals surface area contributed by atoms with E-state index in [9.17, 15) is 15.3 Å². The second-order valence-electron chi connectivity index (χ2n) is 15.2. The zero-order valence-corrected chi connectivity index (χ0v) is 22.4. The summed E-state index contributed by atoms with van der Waals surface area (Å²) in [5.74, 6) is 1.49. The quantitative estimate of drug-likeness (QED) is 0.415. The van der Waals surface area contributed by atoms with Gasteiger partial charge in [0.1, 0.15) is 0 Å². The van der Waals surface area contributed by atoms with Gasteiger partial charge >= 0.3 is 0 Å². The number of aliphatic hydroxyl groups excluding tert-OH is 3. The molecular weight excluding hydrogens is 408 g/mol. The minimum absolute atomic E-state index is 0.0185. The summed E-state index contributed by atoms with van der Waals surface area (Å²) < 4.78 is 0. The summed E-state index contributed by atoms with van der Waals surface area (Å²) in [7, 11) is 0. The first-order valence-corrected chi connectivity index (χ1v) is 13.9. The summed E-state index contributed by atoms with van der Waals surface area (Å²) in [5.41, 5.74) is 1.92. The van der Waals surface area contributed by atoms with Crippen LogP contribution in [-0.4, -0.2) is 34.1 Å². The molecule has 0 heterocycles. The zero-order chi connectivity index (χ0) is 24.2. The smallest absolute Gasteiger partial charge is 0.0629 e. The predicted octanol–water partition coefficient (Wildman–Crippen LogP) is 6.11. The van der Waals surface area contributed by atoms with Crippen molar-refractivity contribution in [2.24, 2.45) is 50.2 Å². The SMILES string of the molecule is CC1(C)C[C@H](O)[C@]2(CO)CC[C@]3(C)C(=CC[C@@H]4[C@@]5(C)CC[C@H](O)C(C)(C)[C@H]5CC[C@]43C)[C@@H]2C1. The molecule has 9 atom stereocenters. The van der Waals surface area contributed by atoms with E-state index in [0.717, 1.165) is 44.9 Å². The number of rotatable bonds is 1. The van der Waals surface area contributed by atoms with E-state index in [1.165, 1.54) is 12.8 Å². The van der Waals surface area contributed by atoms with Crippen LogP contribution in [0.5, 0.6) is 0 Å². The lowest BCUT2D eigenvalue weighted by Crippen LogP contribution is -2.66. The molecule has 33 heavy (non-hydrogen) atoms. The summed E-state index contributed by atoms with van der Waals surface area (Å²) in [5, 5.41) is 32.9. The van der Waals surface area contributed by atoms with Crippen LogP contribution >= 0.6 is 0 Å². The Hall–Kier alpha value is -0.380. The van der Waals surface area contributed by atoms with Crippen LogP contribution in [0.4, 0.5) is 0 Å². The first-order chi connectivity index (χ1) is 15.2. The van der Waals surface area contributed by atoms with E-state index in [1.54, 1.807) is 5.57 Å². The van der Waals surface area contributed by atoms with Gasteiger partial charge in [-0.1, -0.05) is 60.1 Å². The Morgan fingerprint density at radius 1 is 0.818 bits per heavy atom. The monoisotopic (exact) mass is 458 g/mol. The fourth-order valence-electron chi connectivity index (χ4n) is 10.8. The minimum Gasteiger partial charge on any atom is -0.396 e. The van der Waals surface area contributed by atoms with E-state index in [-0.39, 0.29) is 51.1 Å². The number of aliphatic hydroxyl groups is 3. The molecule has 3 nitrogen and oxygen atoms in total. The van der Waals surface area contributed by atoms with Gasteiger partial charge in [0.15, 0.2) is 0 Å². The lowest BCUT2D eigenvalue weighted by molar-refractivity contribution is -0.211. The maximum Gasteiger partial charge on any atom is 0.0629 e. The molecule has 0 amide bonds. The summed E-state index contributed by atoms with van der Waals surface area (Å²) in [6.45, 7) is 17.1. The molecule has 0 spiro atoms. The highest BCUT2D eigenvalue weighted by molar-refractivity contribution is 5.34. The molecule has 5 aliphatic rings. The highest BCUT2D eigenvalue weighted by atomic mass is 16.3. The molecule has 0 radical (unpaired) electrons. The molecule has 3 N–H and O–H groups in total. The van der Waals surface area contributed by atoms with Crippen LogP contribution in [0, 0.1) is 50.2 Å². The molecule has 188 valence electrons. The highest BCUT2D eigenvalue weighted by Gasteiger charge is 2.69. The van der Waals surface area contributed by atoms with Crippen LogP contribution in [-0.2, 0) is 0 Å². The first-order valence-electron chi connectivity index (χ1n) is 13.9. The third-order valence-electron chi connectivity index (χ3n) is 13.1. The molecule has 3 heteroatoms. The maximum atomic E-state index is 11.3. The molecular formula is C30H50O3. The summed E-state index contributed by atoms with van der Waals surface area (Å²) in [4.78, 5) is 0. The molecule has 4 fully saturated rings. The Morgan fingerprint density at radius 2 is 1.52 bits per heavy atom. The van der Waals surface area contributed by atoms with Gasteiger partial charge in [0.25, 0.3) is 0 Å². The third kappa shape index (κ3) is 2.91. The number of hydrogen-bond acceptors (Lipinski definition) is 3. The molecule has 4 saturated carbocycles. The van der Waals surface area contributed by atoms with Crippen molar-refractivity contribution in [3.8, 4) is 0 Å². The van der Waals surface area contributed by atoms with Crippen molar-refractivity contribution in [2.45, 2.75) is 118 Å². The molecule has 0 aromatic heterocycles. The summed E-state index contributed by atoms with van der Waals surface area (Å²) >= 11 is 0. The van der Waals surface area contributed by atoms with Crippen LogP contribution < -0.4 is 0 Å². The van der Waals surface area contributed by atoms with E-state index in [1.807, 2.05) is 0 Å². The normalized spacial score (nSPS) is 54.8. The van der Waals surface area contributed by atoms with Crippen molar-refractivity contribution in [1.29, 1.82) is 0 Å². The van der Waals surface area contributed by atoms with E-state index in [2.05, 4.69) is 54.5 Å². The minimum atomic E-state index is -0.416. The third-order valence-corrected chi connectivity index (χ3v) is 13.1. The van der Waals surface area contributed by atoms with Gasteiger partial charge in [0.2, 0.25) is 0 Å². The van der Waals surface area contributed by atoms with Crippen LogP contribution in [0.15, 0.2) is 11.6 Å².